The maximum Gasteiger partial charge on any atom is 0.338 e. The van der Waals surface area contributed by atoms with Crippen LogP contribution in [-0.4, -0.2) is 28.2 Å². The number of ether oxygens (including phenoxy) is 1. The van der Waals surface area contributed by atoms with E-state index < -0.39 is 23.1 Å². The molecule has 1 aromatic carbocycles. The third kappa shape index (κ3) is 4.14. The predicted molar refractivity (Wildman–Crippen MR) is 64.3 cm³/mol. The van der Waals surface area contributed by atoms with Crippen LogP contribution in [0.2, 0.25) is 0 Å². The molecule has 1 rings (SSSR count). The summed E-state index contributed by atoms with van der Waals surface area (Å²) < 4.78 is 5.08. The standard InChI is InChI=1S/C12H15NO5/c1-8(14)7-9(2)18-12(15)10-3-5-11(6-4-10)13(16)17/h3-6,8-9,14H,7H2,1-2H3/t8-,9+/m1/s1. The topological polar surface area (TPSA) is 89.7 Å². The molecule has 0 aliphatic rings. The third-order valence-corrected chi connectivity index (χ3v) is 2.30. The van der Waals surface area contributed by atoms with Crippen LogP contribution in [0.15, 0.2) is 24.3 Å². The van der Waals surface area contributed by atoms with Crippen LogP contribution < -0.4 is 0 Å². The number of aliphatic hydroxyl groups excluding tert-OH is 1. The zero-order valence-electron chi connectivity index (χ0n) is 10.2. The summed E-state index contributed by atoms with van der Waals surface area (Å²) in [7, 11) is 0. The number of carbonyl (C=O) groups excluding carboxylic acids is 1. The lowest BCUT2D eigenvalue weighted by Gasteiger charge is -2.14. The van der Waals surface area contributed by atoms with Gasteiger partial charge in [0.05, 0.1) is 16.6 Å². The first kappa shape index (κ1) is 14.1. The highest BCUT2D eigenvalue weighted by molar-refractivity contribution is 5.89. The number of nitro groups is 1. The average Bonchev–Trinajstić information content (AvgIpc) is 2.27. The van der Waals surface area contributed by atoms with Gasteiger partial charge in [0.2, 0.25) is 0 Å². The van der Waals surface area contributed by atoms with Crippen LogP contribution in [0.4, 0.5) is 5.69 Å². The van der Waals surface area contributed by atoms with Crippen molar-refractivity contribution in [2.24, 2.45) is 0 Å². The van der Waals surface area contributed by atoms with Crippen molar-refractivity contribution in [2.75, 3.05) is 0 Å². The van der Waals surface area contributed by atoms with Gasteiger partial charge in [-0.2, -0.15) is 0 Å². The number of hydrogen-bond donors (Lipinski definition) is 1. The summed E-state index contributed by atoms with van der Waals surface area (Å²) in [6.45, 7) is 3.28. The summed E-state index contributed by atoms with van der Waals surface area (Å²) in [6, 6.07) is 5.18. The number of aliphatic hydroxyl groups is 1. The van der Waals surface area contributed by atoms with Gasteiger partial charge in [0.1, 0.15) is 6.10 Å². The molecule has 0 bridgehead atoms. The van der Waals surface area contributed by atoms with Crippen LogP contribution in [0.3, 0.4) is 0 Å². The fraction of sp³-hybridized carbons (Fsp3) is 0.417. The number of esters is 1. The first-order valence-corrected chi connectivity index (χ1v) is 5.53. The summed E-state index contributed by atoms with van der Waals surface area (Å²) in [4.78, 5) is 21.6. The lowest BCUT2D eigenvalue weighted by atomic mass is 10.2. The number of benzene rings is 1. The highest BCUT2D eigenvalue weighted by Crippen LogP contribution is 2.14. The molecule has 1 aromatic rings. The molecule has 18 heavy (non-hydrogen) atoms. The summed E-state index contributed by atoms with van der Waals surface area (Å²) >= 11 is 0. The van der Waals surface area contributed by atoms with Gasteiger partial charge in [-0.15, -0.1) is 0 Å². The molecule has 0 aromatic heterocycles. The van der Waals surface area contributed by atoms with Gasteiger partial charge in [0, 0.05) is 18.6 Å². The minimum Gasteiger partial charge on any atom is -0.459 e. The van der Waals surface area contributed by atoms with Crippen LogP contribution in [0.5, 0.6) is 0 Å². The quantitative estimate of drug-likeness (QED) is 0.491. The molecule has 0 unspecified atom stereocenters. The van der Waals surface area contributed by atoms with Crippen LogP contribution in [0, 0.1) is 10.1 Å². The van der Waals surface area contributed by atoms with Crippen molar-refractivity contribution < 1.29 is 19.6 Å². The Balaban J connectivity index is 2.64. The van der Waals surface area contributed by atoms with Gasteiger partial charge in [-0.25, -0.2) is 4.79 Å². The Bertz CT molecular complexity index is 427. The van der Waals surface area contributed by atoms with Crippen molar-refractivity contribution in [1.29, 1.82) is 0 Å². The van der Waals surface area contributed by atoms with Crippen molar-refractivity contribution in [3.8, 4) is 0 Å². The third-order valence-electron chi connectivity index (χ3n) is 2.30. The van der Waals surface area contributed by atoms with Gasteiger partial charge in [0.25, 0.3) is 5.69 Å². The molecule has 0 heterocycles. The predicted octanol–water partition coefficient (Wildman–Crippen LogP) is 1.91. The van der Waals surface area contributed by atoms with Gasteiger partial charge in [-0.3, -0.25) is 10.1 Å². The molecule has 2 atom stereocenters. The van der Waals surface area contributed by atoms with Gasteiger partial charge in [-0.05, 0) is 26.0 Å². The molecule has 6 nitrogen and oxygen atoms in total. The number of nitrogens with zero attached hydrogens (tertiary/aromatic N) is 1. The molecule has 0 radical (unpaired) electrons. The van der Waals surface area contributed by atoms with Gasteiger partial charge >= 0.3 is 5.97 Å². The van der Waals surface area contributed by atoms with Gasteiger partial charge < -0.3 is 9.84 Å². The summed E-state index contributed by atoms with van der Waals surface area (Å²) in [5, 5.41) is 19.6. The van der Waals surface area contributed by atoms with E-state index in [9.17, 15) is 14.9 Å². The Morgan fingerprint density at radius 2 is 1.94 bits per heavy atom. The van der Waals surface area contributed by atoms with Crippen LogP contribution >= 0.6 is 0 Å². The number of rotatable bonds is 5. The molecular formula is C12H15NO5. The lowest BCUT2D eigenvalue weighted by Crippen LogP contribution is -2.19. The normalized spacial score (nSPS) is 13.7. The zero-order valence-corrected chi connectivity index (χ0v) is 10.2. The number of carbonyl (C=O) groups is 1. The van der Waals surface area contributed by atoms with Crippen LogP contribution in [-0.2, 0) is 4.74 Å². The lowest BCUT2D eigenvalue weighted by molar-refractivity contribution is -0.384. The first-order valence-electron chi connectivity index (χ1n) is 5.53. The Kier molecular flexibility index (Phi) is 4.79. The minimum atomic E-state index is -0.557. The van der Waals surface area contributed by atoms with E-state index in [1.54, 1.807) is 13.8 Å². The number of hydrogen-bond acceptors (Lipinski definition) is 5. The summed E-state index contributed by atoms with van der Waals surface area (Å²) in [5.74, 6) is -0.557. The van der Waals surface area contributed by atoms with Crippen molar-refractivity contribution in [2.45, 2.75) is 32.5 Å². The maximum atomic E-state index is 11.6. The van der Waals surface area contributed by atoms with E-state index in [-0.39, 0.29) is 11.3 Å². The number of nitro benzene ring substituents is 1. The molecule has 0 spiro atoms. The molecule has 0 amide bonds. The Hall–Kier alpha value is -1.95. The van der Waals surface area contributed by atoms with E-state index in [1.807, 2.05) is 0 Å². The average molecular weight is 253 g/mol. The Labute approximate surface area is 104 Å². The monoisotopic (exact) mass is 253 g/mol. The highest BCUT2D eigenvalue weighted by atomic mass is 16.6. The van der Waals surface area contributed by atoms with Gasteiger partial charge in [0.15, 0.2) is 0 Å². The van der Waals surface area contributed by atoms with Crippen molar-refractivity contribution in [1.82, 2.24) is 0 Å². The summed E-state index contributed by atoms with van der Waals surface area (Å²) in [6.07, 6.45) is -0.615. The van der Waals surface area contributed by atoms with E-state index in [0.29, 0.717) is 6.42 Å². The molecule has 6 heteroatoms. The fourth-order valence-electron chi connectivity index (χ4n) is 1.50. The molecule has 98 valence electrons. The second kappa shape index (κ2) is 6.11. The maximum absolute atomic E-state index is 11.6. The molecule has 0 fully saturated rings. The molecule has 0 aliphatic heterocycles. The van der Waals surface area contributed by atoms with Crippen molar-refractivity contribution >= 4 is 11.7 Å². The van der Waals surface area contributed by atoms with Crippen molar-refractivity contribution in [3.63, 3.8) is 0 Å². The second-order valence-corrected chi connectivity index (χ2v) is 4.10. The molecule has 1 N–H and O–H groups in total. The minimum absolute atomic E-state index is 0.0800. The SMILES string of the molecule is C[C@@H](O)C[C@H](C)OC(=O)c1ccc([N+](=O)[O-])cc1. The first-order chi connectivity index (χ1) is 8.40. The Morgan fingerprint density at radius 3 is 2.39 bits per heavy atom. The fourth-order valence-corrected chi connectivity index (χ4v) is 1.50. The smallest absolute Gasteiger partial charge is 0.338 e. The highest BCUT2D eigenvalue weighted by Gasteiger charge is 2.15. The van der Waals surface area contributed by atoms with E-state index >= 15 is 0 Å². The van der Waals surface area contributed by atoms with Crippen LogP contribution in [0.1, 0.15) is 30.6 Å². The van der Waals surface area contributed by atoms with Gasteiger partial charge in [-0.1, -0.05) is 0 Å². The molecule has 0 saturated carbocycles. The molecule has 0 aliphatic carbocycles. The zero-order chi connectivity index (χ0) is 13.7. The number of non-ortho nitro benzene ring substituents is 1. The molecular weight excluding hydrogens is 238 g/mol. The van der Waals surface area contributed by atoms with E-state index in [4.69, 9.17) is 9.84 Å². The van der Waals surface area contributed by atoms with E-state index in [0.717, 1.165) is 0 Å². The Morgan fingerprint density at radius 1 is 1.39 bits per heavy atom. The summed E-state index contributed by atoms with van der Waals surface area (Å²) in [5.41, 5.74) is 0.168. The van der Waals surface area contributed by atoms with Crippen molar-refractivity contribution in [3.05, 3.63) is 39.9 Å². The largest absolute Gasteiger partial charge is 0.459 e. The second-order valence-electron chi connectivity index (χ2n) is 4.10. The van der Waals surface area contributed by atoms with E-state index in [1.165, 1.54) is 24.3 Å². The molecule has 0 saturated heterocycles. The van der Waals surface area contributed by atoms with Crippen LogP contribution in [0.25, 0.3) is 0 Å². The van der Waals surface area contributed by atoms with E-state index in [2.05, 4.69) is 0 Å².